The Morgan fingerprint density at radius 3 is 2.29 bits per heavy atom. The lowest BCUT2D eigenvalue weighted by atomic mass is 9.53. The van der Waals surface area contributed by atoms with Gasteiger partial charge in [0.25, 0.3) is 0 Å². The van der Waals surface area contributed by atoms with E-state index in [1.807, 2.05) is 6.07 Å². The van der Waals surface area contributed by atoms with Crippen molar-refractivity contribution in [1.82, 2.24) is 0 Å². The molecule has 0 amide bonds. The molecule has 7 atom stereocenters. The highest BCUT2D eigenvalue weighted by Crippen LogP contribution is 2.60. The fourth-order valence-electron chi connectivity index (χ4n) is 7.48. The van der Waals surface area contributed by atoms with Crippen molar-refractivity contribution in [1.29, 1.82) is 0 Å². The summed E-state index contributed by atoms with van der Waals surface area (Å²) in [6, 6.07) is 3.64. The van der Waals surface area contributed by atoms with Crippen molar-refractivity contribution in [3.8, 4) is 0 Å². The van der Waals surface area contributed by atoms with Crippen LogP contribution in [0.5, 0.6) is 0 Å². The molecule has 24 heavy (non-hydrogen) atoms. The molecule has 2 nitrogen and oxygen atoms in total. The predicted octanol–water partition coefficient (Wildman–Crippen LogP) is 5.38. The second kappa shape index (κ2) is 6.04. The first-order valence-electron chi connectivity index (χ1n) is 10.4. The minimum absolute atomic E-state index is 0.215. The molecule has 4 saturated carbocycles. The monoisotopic (exact) mass is 326 g/mol. The molecule has 0 spiro atoms. The molecule has 1 aromatic rings. The van der Waals surface area contributed by atoms with E-state index < -0.39 is 0 Å². The number of rotatable bonds is 1. The van der Waals surface area contributed by atoms with E-state index in [2.05, 4.69) is 0 Å². The molecule has 1 heterocycles. The zero-order chi connectivity index (χ0) is 16.1. The topological polar surface area (TPSA) is 30.2 Å². The van der Waals surface area contributed by atoms with Crippen molar-refractivity contribution < 1.29 is 4.42 Å². The van der Waals surface area contributed by atoms with Gasteiger partial charge >= 0.3 is 5.63 Å². The minimum Gasteiger partial charge on any atom is -0.431 e. The summed E-state index contributed by atoms with van der Waals surface area (Å²) in [5, 5.41) is 0. The van der Waals surface area contributed by atoms with E-state index >= 15 is 0 Å². The van der Waals surface area contributed by atoms with Gasteiger partial charge in [-0.05, 0) is 98.0 Å². The maximum absolute atomic E-state index is 11.3. The molecule has 2 heteroatoms. The standard InChI is InChI=1S/C22H30O2/c23-22-12-6-15(13-24-22)17-8-9-21-19(17)11-10-18-16-4-2-1-3-14(16)5-7-20(18)21/h6,12-14,16-21H,1-5,7-11H2. The van der Waals surface area contributed by atoms with Gasteiger partial charge in [-0.3, -0.25) is 0 Å². The largest absolute Gasteiger partial charge is 0.431 e. The summed E-state index contributed by atoms with van der Waals surface area (Å²) in [6.07, 6.45) is 16.4. The Bertz CT molecular complexity index is 627. The van der Waals surface area contributed by atoms with Crippen molar-refractivity contribution in [2.24, 2.45) is 35.5 Å². The molecule has 7 unspecified atom stereocenters. The first kappa shape index (κ1) is 15.2. The molecular formula is C22H30O2. The molecule has 5 rings (SSSR count). The van der Waals surface area contributed by atoms with Crippen molar-refractivity contribution in [2.45, 2.75) is 70.1 Å². The van der Waals surface area contributed by atoms with E-state index in [1.165, 1.54) is 69.8 Å². The van der Waals surface area contributed by atoms with Crippen LogP contribution in [0, 0.1) is 35.5 Å². The van der Waals surface area contributed by atoms with Crippen molar-refractivity contribution >= 4 is 0 Å². The van der Waals surface area contributed by atoms with Crippen LogP contribution in [0.15, 0.2) is 27.6 Å². The van der Waals surface area contributed by atoms with E-state index in [-0.39, 0.29) is 5.63 Å². The number of hydrogen-bond donors (Lipinski definition) is 0. The third-order valence-electron chi connectivity index (χ3n) is 8.35. The number of hydrogen-bond acceptors (Lipinski definition) is 2. The molecule has 0 saturated heterocycles. The van der Waals surface area contributed by atoms with E-state index in [0.717, 1.165) is 35.5 Å². The molecule has 0 bridgehead atoms. The van der Waals surface area contributed by atoms with Crippen LogP contribution in [0.25, 0.3) is 0 Å². The van der Waals surface area contributed by atoms with Gasteiger partial charge in [0.15, 0.2) is 0 Å². The van der Waals surface area contributed by atoms with E-state index in [9.17, 15) is 4.79 Å². The number of fused-ring (bicyclic) bond motifs is 5. The zero-order valence-electron chi connectivity index (χ0n) is 14.7. The maximum atomic E-state index is 11.3. The fraction of sp³-hybridized carbons (Fsp3) is 0.773. The summed E-state index contributed by atoms with van der Waals surface area (Å²) >= 11 is 0. The first-order valence-corrected chi connectivity index (χ1v) is 10.4. The van der Waals surface area contributed by atoms with Crippen LogP contribution in [0.1, 0.15) is 75.7 Å². The summed E-state index contributed by atoms with van der Waals surface area (Å²) in [7, 11) is 0. The van der Waals surface area contributed by atoms with Gasteiger partial charge in [-0.1, -0.05) is 19.3 Å². The Kier molecular flexibility index (Phi) is 3.83. The van der Waals surface area contributed by atoms with Crippen molar-refractivity contribution in [2.75, 3.05) is 0 Å². The van der Waals surface area contributed by atoms with Crippen LogP contribution in [-0.4, -0.2) is 0 Å². The summed E-state index contributed by atoms with van der Waals surface area (Å²) in [5.74, 6) is 6.61. The van der Waals surface area contributed by atoms with Gasteiger partial charge in [0, 0.05) is 6.07 Å². The lowest BCUT2D eigenvalue weighted by Crippen LogP contribution is -2.43. The van der Waals surface area contributed by atoms with Crippen LogP contribution in [-0.2, 0) is 0 Å². The SMILES string of the molecule is O=c1ccc(C2CCC3C2CCC2C4CCCCC4CCC23)co1. The van der Waals surface area contributed by atoms with Crippen LogP contribution in [0.4, 0.5) is 0 Å². The van der Waals surface area contributed by atoms with E-state index in [1.54, 1.807) is 12.3 Å². The third kappa shape index (κ3) is 2.40. The van der Waals surface area contributed by atoms with Gasteiger partial charge in [-0.2, -0.15) is 0 Å². The summed E-state index contributed by atoms with van der Waals surface area (Å²) in [5.41, 5.74) is 1.07. The van der Waals surface area contributed by atoms with E-state index in [0.29, 0.717) is 5.92 Å². The summed E-state index contributed by atoms with van der Waals surface area (Å²) < 4.78 is 5.17. The Morgan fingerprint density at radius 2 is 1.42 bits per heavy atom. The third-order valence-corrected chi connectivity index (χ3v) is 8.35. The molecule has 4 aliphatic rings. The van der Waals surface area contributed by atoms with Gasteiger partial charge < -0.3 is 4.42 Å². The van der Waals surface area contributed by atoms with Gasteiger partial charge in [0.05, 0.1) is 6.26 Å². The van der Waals surface area contributed by atoms with Gasteiger partial charge in [-0.15, -0.1) is 0 Å². The molecule has 130 valence electrons. The van der Waals surface area contributed by atoms with E-state index in [4.69, 9.17) is 4.42 Å². The molecule has 0 aromatic carbocycles. The van der Waals surface area contributed by atoms with Crippen molar-refractivity contribution in [3.05, 3.63) is 34.4 Å². The molecular weight excluding hydrogens is 296 g/mol. The Labute approximate surface area is 145 Å². The zero-order valence-corrected chi connectivity index (χ0v) is 14.7. The quantitative estimate of drug-likeness (QED) is 0.694. The highest BCUT2D eigenvalue weighted by atomic mass is 16.4. The molecule has 0 N–H and O–H groups in total. The average molecular weight is 326 g/mol. The van der Waals surface area contributed by atoms with Crippen LogP contribution < -0.4 is 5.63 Å². The highest BCUT2D eigenvalue weighted by molar-refractivity contribution is 5.18. The van der Waals surface area contributed by atoms with Gasteiger partial charge in [0.2, 0.25) is 0 Å². The van der Waals surface area contributed by atoms with Gasteiger partial charge in [0.1, 0.15) is 0 Å². The average Bonchev–Trinajstić information content (AvgIpc) is 3.06. The molecule has 4 aliphatic carbocycles. The smallest absolute Gasteiger partial charge is 0.335 e. The molecule has 0 radical (unpaired) electrons. The Morgan fingerprint density at radius 1 is 0.708 bits per heavy atom. The maximum Gasteiger partial charge on any atom is 0.335 e. The lowest BCUT2D eigenvalue weighted by Gasteiger charge is -2.52. The molecule has 4 fully saturated rings. The Hall–Kier alpha value is -1.05. The lowest BCUT2D eigenvalue weighted by molar-refractivity contribution is -0.0206. The van der Waals surface area contributed by atoms with Crippen molar-refractivity contribution in [3.63, 3.8) is 0 Å². The second-order valence-corrected chi connectivity index (χ2v) is 9.09. The fourth-order valence-corrected chi connectivity index (χ4v) is 7.48. The van der Waals surface area contributed by atoms with Crippen LogP contribution in [0.2, 0.25) is 0 Å². The Balaban J connectivity index is 1.37. The predicted molar refractivity (Wildman–Crippen MR) is 94.8 cm³/mol. The minimum atomic E-state index is -0.215. The van der Waals surface area contributed by atoms with Crippen LogP contribution in [0.3, 0.4) is 0 Å². The van der Waals surface area contributed by atoms with Gasteiger partial charge in [-0.25, -0.2) is 4.79 Å². The normalized spacial score (nSPS) is 44.4. The summed E-state index contributed by atoms with van der Waals surface area (Å²) in [4.78, 5) is 11.3. The molecule has 1 aromatic heterocycles. The molecule has 0 aliphatic heterocycles. The summed E-state index contributed by atoms with van der Waals surface area (Å²) in [6.45, 7) is 0. The first-order chi connectivity index (χ1) is 11.8. The second-order valence-electron chi connectivity index (χ2n) is 9.09. The highest BCUT2D eigenvalue weighted by Gasteiger charge is 2.51. The van der Waals surface area contributed by atoms with Crippen LogP contribution >= 0.6 is 0 Å².